The zero-order valence-electron chi connectivity index (χ0n) is 19.2. The van der Waals surface area contributed by atoms with E-state index in [1.807, 2.05) is 54.6 Å². The average molecular weight is 459 g/mol. The Balaban J connectivity index is 1.20. The monoisotopic (exact) mass is 458 g/mol. The lowest BCUT2D eigenvalue weighted by atomic mass is 10.1. The largest absolute Gasteiger partial charge is 0.493 e. The van der Waals surface area contributed by atoms with Crippen LogP contribution in [0.4, 0.5) is 0 Å². The van der Waals surface area contributed by atoms with E-state index < -0.39 is 5.97 Å². The van der Waals surface area contributed by atoms with E-state index in [1.54, 1.807) is 6.08 Å². The second-order valence-electron chi connectivity index (χ2n) is 8.35. The van der Waals surface area contributed by atoms with Crippen LogP contribution in [0.5, 0.6) is 11.5 Å². The molecule has 0 unspecified atom stereocenters. The van der Waals surface area contributed by atoms with Crippen LogP contribution >= 0.6 is 0 Å². The van der Waals surface area contributed by atoms with E-state index in [0.717, 1.165) is 54.7 Å². The second kappa shape index (κ2) is 11.9. The van der Waals surface area contributed by atoms with Gasteiger partial charge in [-0.2, -0.15) is 0 Å². The molecule has 1 aliphatic carbocycles. The maximum Gasteiger partial charge on any atom is 0.371 e. The number of carbonyl (C=O) groups is 1. The topological polar surface area (TPSA) is 65.0 Å². The Morgan fingerprint density at radius 2 is 1.35 bits per heavy atom. The first-order valence-corrected chi connectivity index (χ1v) is 11.8. The van der Waals surface area contributed by atoms with E-state index in [0.29, 0.717) is 13.2 Å². The molecule has 176 valence electrons. The van der Waals surface area contributed by atoms with Crippen LogP contribution in [0.15, 0.2) is 84.6 Å². The van der Waals surface area contributed by atoms with Gasteiger partial charge in [0.2, 0.25) is 5.76 Å². The molecule has 1 aliphatic rings. The lowest BCUT2D eigenvalue weighted by Crippen LogP contribution is -2.13. The van der Waals surface area contributed by atoms with Gasteiger partial charge in [0, 0.05) is 6.42 Å². The molecule has 1 fully saturated rings. The fraction of sp³-hybridized carbons (Fsp3) is 0.276. The molecular formula is C29H30O5. The highest BCUT2D eigenvalue weighted by molar-refractivity contribution is 5.89. The number of benzene rings is 3. The first-order chi connectivity index (χ1) is 16.7. The van der Waals surface area contributed by atoms with Crippen molar-refractivity contribution in [3.05, 3.63) is 90.2 Å². The van der Waals surface area contributed by atoms with E-state index in [9.17, 15) is 9.90 Å². The molecule has 5 nitrogen and oxygen atoms in total. The summed E-state index contributed by atoms with van der Waals surface area (Å²) in [6.07, 6.45) is 6.35. The van der Waals surface area contributed by atoms with Crippen LogP contribution < -0.4 is 9.47 Å². The highest BCUT2D eigenvalue weighted by Crippen LogP contribution is 2.25. The summed E-state index contributed by atoms with van der Waals surface area (Å²) in [4.78, 5) is 11.5. The number of ether oxygens (including phenoxy) is 3. The summed E-state index contributed by atoms with van der Waals surface area (Å²) >= 11 is 0. The van der Waals surface area contributed by atoms with Gasteiger partial charge in [-0.15, -0.1) is 0 Å². The average Bonchev–Trinajstić information content (AvgIpc) is 3.38. The van der Waals surface area contributed by atoms with Crippen LogP contribution in [0, 0.1) is 0 Å². The van der Waals surface area contributed by atoms with Crippen molar-refractivity contribution in [1.29, 1.82) is 0 Å². The Labute approximate surface area is 200 Å². The van der Waals surface area contributed by atoms with Gasteiger partial charge in [-0.3, -0.25) is 0 Å². The molecule has 0 aromatic heterocycles. The summed E-state index contributed by atoms with van der Waals surface area (Å²) in [5.41, 5.74) is 3.12. The molecule has 0 atom stereocenters. The van der Waals surface area contributed by atoms with Gasteiger partial charge >= 0.3 is 5.97 Å². The van der Waals surface area contributed by atoms with Crippen molar-refractivity contribution in [3.8, 4) is 22.6 Å². The SMILES string of the molecule is O=C(O)C(=Cc1ccc(OCCCOc2ccc(-c3ccccc3)cc2)cc1)OC1CCCC1. The van der Waals surface area contributed by atoms with Crippen molar-refractivity contribution in [2.45, 2.75) is 38.2 Å². The Kier molecular flexibility index (Phi) is 8.22. The van der Waals surface area contributed by atoms with Crippen molar-refractivity contribution in [2.75, 3.05) is 13.2 Å². The van der Waals surface area contributed by atoms with E-state index in [-0.39, 0.29) is 11.9 Å². The van der Waals surface area contributed by atoms with Crippen LogP contribution in [0.1, 0.15) is 37.7 Å². The first-order valence-electron chi connectivity index (χ1n) is 11.8. The standard InChI is InChI=1S/C29H30O5/c30-29(31)28(34-27-9-4-5-10-27)21-22-11-15-25(16-12-22)32-19-6-20-33-26-17-13-24(14-18-26)23-7-2-1-3-8-23/h1-3,7-8,11-18,21,27H,4-6,9-10,19-20H2,(H,30,31). The van der Waals surface area contributed by atoms with Gasteiger partial charge < -0.3 is 19.3 Å². The third-order valence-corrected chi connectivity index (χ3v) is 5.77. The fourth-order valence-corrected chi connectivity index (χ4v) is 3.96. The molecule has 4 rings (SSSR count). The summed E-state index contributed by atoms with van der Waals surface area (Å²) in [7, 11) is 0. The zero-order chi connectivity index (χ0) is 23.6. The maximum atomic E-state index is 11.5. The van der Waals surface area contributed by atoms with Crippen molar-refractivity contribution in [1.82, 2.24) is 0 Å². The normalized spacial score (nSPS) is 14.1. The Bertz CT molecular complexity index is 1070. The summed E-state index contributed by atoms with van der Waals surface area (Å²) in [5, 5.41) is 9.43. The lowest BCUT2D eigenvalue weighted by Gasteiger charge is -2.13. The van der Waals surface area contributed by atoms with Crippen molar-refractivity contribution >= 4 is 12.0 Å². The maximum absolute atomic E-state index is 11.5. The minimum Gasteiger partial charge on any atom is -0.493 e. The number of aliphatic carboxylic acids is 1. The smallest absolute Gasteiger partial charge is 0.371 e. The van der Waals surface area contributed by atoms with Crippen molar-refractivity contribution in [2.24, 2.45) is 0 Å². The molecule has 34 heavy (non-hydrogen) atoms. The molecule has 0 amide bonds. The number of carboxylic acid groups (broad SMARTS) is 1. The van der Waals surface area contributed by atoms with Crippen molar-refractivity contribution in [3.63, 3.8) is 0 Å². The highest BCUT2D eigenvalue weighted by Gasteiger charge is 2.20. The summed E-state index contributed by atoms with van der Waals surface area (Å²) < 4.78 is 17.3. The summed E-state index contributed by atoms with van der Waals surface area (Å²) in [6, 6.07) is 25.7. The van der Waals surface area contributed by atoms with Gasteiger partial charge in [0.25, 0.3) is 0 Å². The molecule has 0 bridgehead atoms. The molecular weight excluding hydrogens is 428 g/mol. The van der Waals surface area contributed by atoms with Gasteiger partial charge in [-0.25, -0.2) is 4.79 Å². The second-order valence-corrected chi connectivity index (χ2v) is 8.35. The molecule has 0 spiro atoms. The Hall–Kier alpha value is -3.73. The van der Waals surface area contributed by atoms with Crippen LogP contribution in [-0.4, -0.2) is 30.4 Å². The number of hydrogen-bond donors (Lipinski definition) is 1. The molecule has 0 saturated heterocycles. The summed E-state index contributed by atoms with van der Waals surface area (Å²) in [6.45, 7) is 1.09. The van der Waals surface area contributed by atoms with E-state index in [4.69, 9.17) is 14.2 Å². The van der Waals surface area contributed by atoms with E-state index in [2.05, 4.69) is 24.3 Å². The molecule has 0 aliphatic heterocycles. The minimum absolute atomic E-state index is 0.00508. The Morgan fingerprint density at radius 1 is 0.794 bits per heavy atom. The van der Waals surface area contributed by atoms with Gasteiger partial charge in [0.1, 0.15) is 11.5 Å². The predicted molar refractivity (Wildman–Crippen MR) is 133 cm³/mol. The lowest BCUT2D eigenvalue weighted by molar-refractivity contribution is -0.137. The van der Waals surface area contributed by atoms with Crippen LogP contribution in [0.3, 0.4) is 0 Å². The molecule has 0 radical (unpaired) electrons. The highest BCUT2D eigenvalue weighted by atomic mass is 16.5. The van der Waals surface area contributed by atoms with Crippen LogP contribution in [0.25, 0.3) is 17.2 Å². The molecule has 1 saturated carbocycles. The van der Waals surface area contributed by atoms with Crippen molar-refractivity contribution < 1.29 is 24.1 Å². The van der Waals surface area contributed by atoms with Gasteiger partial charge in [0.15, 0.2) is 0 Å². The van der Waals surface area contributed by atoms with Gasteiger partial charge in [-0.1, -0.05) is 54.6 Å². The van der Waals surface area contributed by atoms with Crippen LogP contribution in [0.2, 0.25) is 0 Å². The quantitative estimate of drug-likeness (QED) is 0.200. The number of rotatable bonds is 11. The predicted octanol–water partition coefficient (Wildman–Crippen LogP) is 6.59. The number of carboxylic acids is 1. The fourth-order valence-electron chi connectivity index (χ4n) is 3.96. The van der Waals surface area contributed by atoms with E-state index in [1.165, 1.54) is 5.56 Å². The Morgan fingerprint density at radius 3 is 1.94 bits per heavy atom. The minimum atomic E-state index is -1.04. The molecule has 3 aromatic carbocycles. The van der Waals surface area contributed by atoms with Gasteiger partial charge in [0.05, 0.1) is 19.3 Å². The molecule has 3 aromatic rings. The third-order valence-electron chi connectivity index (χ3n) is 5.77. The zero-order valence-corrected chi connectivity index (χ0v) is 19.2. The molecule has 5 heteroatoms. The summed E-state index contributed by atoms with van der Waals surface area (Å²) in [5.74, 6) is 0.527. The first kappa shape index (κ1) is 23.4. The number of hydrogen-bond acceptors (Lipinski definition) is 4. The van der Waals surface area contributed by atoms with Crippen LogP contribution in [-0.2, 0) is 9.53 Å². The molecule has 1 N–H and O–H groups in total. The van der Waals surface area contributed by atoms with Gasteiger partial charge in [-0.05, 0) is 72.7 Å². The molecule has 0 heterocycles. The van der Waals surface area contributed by atoms with E-state index >= 15 is 0 Å². The third kappa shape index (κ3) is 6.88.